The van der Waals surface area contributed by atoms with E-state index in [0.29, 0.717) is 6.42 Å². The number of carbonyl (C=O) groups is 3. The van der Waals surface area contributed by atoms with E-state index in [9.17, 15) is 18.8 Å². The van der Waals surface area contributed by atoms with Crippen molar-refractivity contribution in [2.45, 2.75) is 19.3 Å². The smallest absolute Gasteiger partial charge is 0.411 e. The van der Waals surface area contributed by atoms with Crippen LogP contribution in [0.3, 0.4) is 0 Å². The van der Waals surface area contributed by atoms with Gasteiger partial charge in [-0.05, 0) is 40.8 Å². The first-order valence-electron chi connectivity index (χ1n) is 11.3. The summed E-state index contributed by atoms with van der Waals surface area (Å²) in [6.07, 6.45) is -0.577. The lowest BCUT2D eigenvalue weighted by molar-refractivity contribution is -0.141. The highest BCUT2D eigenvalue weighted by molar-refractivity contribution is 6.03. The summed E-state index contributed by atoms with van der Waals surface area (Å²) >= 11 is 0. The summed E-state index contributed by atoms with van der Waals surface area (Å²) in [5.74, 6) is -3.48. The van der Waals surface area contributed by atoms with Gasteiger partial charge in [-0.15, -0.1) is 0 Å². The summed E-state index contributed by atoms with van der Waals surface area (Å²) in [5.41, 5.74) is 3.78. The van der Waals surface area contributed by atoms with Gasteiger partial charge in [-0.3, -0.25) is 14.9 Å². The van der Waals surface area contributed by atoms with E-state index in [2.05, 4.69) is 10.6 Å². The molecule has 0 spiro atoms. The van der Waals surface area contributed by atoms with Gasteiger partial charge in [0.15, 0.2) is 0 Å². The van der Waals surface area contributed by atoms with Crippen molar-refractivity contribution in [3.63, 3.8) is 0 Å². The van der Waals surface area contributed by atoms with Crippen LogP contribution in [-0.4, -0.2) is 36.2 Å². The molecule has 0 aliphatic heterocycles. The van der Waals surface area contributed by atoms with Gasteiger partial charge in [-0.2, -0.15) is 0 Å². The molecular formula is C27H25FN2O5. The van der Waals surface area contributed by atoms with Crippen molar-refractivity contribution >= 4 is 23.7 Å². The van der Waals surface area contributed by atoms with Gasteiger partial charge in [0.2, 0.25) is 0 Å². The fraction of sp³-hybridized carbons (Fsp3) is 0.222. The molecule has 1 atom stereocenters. The van der Waals surface area contributed by atoms with Crippen LogP contribution in [0.2, 0.25) is 0 Å². The summed E-state index contributed by atoms with van der Waals surface area (Å²) < 4.78 is 20.0. The van der Waals surface area contributed by atoms with Crippen molar-refractivity contribution in [1.29, 1.82) is 0 Å². The number of aliphatic carboxylic acids is 1. The number of carbonyl (C=O) groups excluding carboxylic acids is 2. The van der Waals surface area contributed by atoms with Crippen LogP contribution >= 0.6 is 0 Å². The molecule has 3 aromatic rings. The SMILES string of the molecule is CCC(CNC(=O)c1cccc(F)c1NC(=O)OCC1c2ccccc2-c2ccccc21)C(=O)O. The third-order valence-electron chi connectivity index (χ3n) is 6.18. The number of benzene rings is 3. The van der Waals surface area contributed by atoms with Crippen LogP contribution in [0.5, 0.6) is 0 Å². The van der Waals surface area contributed by atoms with Gasteiger partial charge in [0.05, 0.1) is 17.2 Å². The Morgan fingerprint density at radius 3 is 2.20 bits per heavy atom. The average molecular weight is 477 g/mol. The lowest BCUT2D eigenvalue weighted by Crippen LogP contribution is -2.33. The van der Waals surface area contributed by atoms with E-state index in [1.807, 2.05) is 48.5 Å². The Hall–Kier alpha value is -4.20. The lowest BCUT2D eigenvalue weighted by atomic mass is 9.98. The van der Waals surface area contributed by atoms with Crippen molar-refractivity contribution < 1.29 is 28.6 Å². The fourth-order valence-corrected chi connectivity index (χ4v) is 4.29. The van der Waals surface area contributed by atoms with Crippen LogP contribution in [-0.2, 0) is 9.53 Å². The minimum Gasteiger partial charge on any atom is -0.481 e. The summed E-state index contributed by atoms with van der Waals surface area (Å²) in [6, 6.07) is 19.6. The third-order valence-corrected chi connectivity index (χ3v) is 6.18. The summed E-state index contributed by atoms with van der Waals surface area (Å²) in [5, 5.41) is 14.0. The maximum Gasteiger partial charge on any atom is 0.411 e. The predicted octanol–water partition coefficient (Wildman–Crippen LogP) is 5.03. The van der Waals surface area contributed by atoms with Crippen LogP contribution in [0, 0.1) is 11.7 Å². The molecule has 0 radical (unpaired) electrons. The maximum absolute atomic E-state index is 14.6. The zero-order valence-electron chi connectivity index (χ0n) is 19.1. The first-order chi connectivity index (χ1) is 16.9. The fourth-order valence-electron chi connectivity index (χ4n) is 4.29. The van der Waals surface area contributed by atoms with Crippen LogP contribution in [0.25, 0.3) is 11.1 Å². The molecular weight excluding hydrogens is 451 g/mol. The highest BCUT2D eigenvalue weighted by Crippen LogP contribution is 2.44. The first-order valence-corrected chi connectivity index (χ1v) is 11.3. The second kappa shape index (κ2) is 10.4. The Balaban J connectivity index is 1.46. The molecule has 7 nitrogen and oxygen atoms in total. The minimum absolute atomic E-state index is 0.0344. The Morgan fingerprint density at radius 2 is 1.60 bits per heavy atom. The molecule has 0 aromatic heterocycles. The predicted molar refractivity (Wildman–Crippen MR) is 129 cm³/mol. The van der Waals surface area contributed by atoms with Gasteiger partial charge in [0, 0.05) is 12.5 Å². The van der Waals surface area contributed by atoms with Gasteiger partial charge in [-0.25, -0.2) is 9.18 Å². The van der Waals surface area contributed by atoms with Gasteiger partial charge < -0.3 is 15.2 Å². The van der Waals surface area contributed by atoms with Crippen LogP contribution < -0.4 is 10.6 Å². The average Bonchev–Trinajstić information content (AvgIpc) is 3.17. The number of para-hydroxylation sites is 1. The van der Waals surface area contributed by atoms with E-state index >= 15 is 0 Å². The molecule has 0 fully saturated rings. The zero-order chi connectivity index (χ0) is 24.9. The van der Waals surface area contributed by atoms with Crippen molar-refractivity contribution in [3.8, 4) is 11.1 Å². The third kappa shape index (κ3) is 5.01. The Labute approximate surface area is 201 Å². The monoisotopic (exact) mass is 476 g/mol. The lowest BCUT2D eigenvalue weighted by Gasteiger charge is -2.16. The van der Waals surface area contributed by atoms with Crippen LogP contribution in [0.15, 0.2) is 66.7 Å². The van der Waals surface area contributed by atoms with Gasteiger partial charge >= 0.3 is 12.1 Å². The van der Waals surface area contributed by atoms with E-state index in [4.69, 9.17) is 9.84 Å². The highest BCUT2D eigenvalue weighted by Gasteiger charge is 2.29. The van der Waals surface area contributed by atoms with Gasteiger partial charge in [-0.1, -0.05) is 61.5 Å². The standard InChI is InChI=1S/C27H25FN2O5/c1-2-16(26(32)33)14-29-25(31)21-12-7-13-23(28)24(21)30-27(34)35-15-22-19-10-5-3-8-17(19)18-9-4-6-11-20(18)22/h3-13,16,22H,2,14-15H2,1H3,(H,29,31)(H,30,34)(H,32,33). The molecule has 1 aliphatic rings. The van der Waals surface area contributed by atoms with Crippen molar-refractivity contribution in [3.05, 3.63) is 89.2 Å². The van der Waals surface area contributed by atoms with E-state index in [1.165, 1.54) is 12.1 Å². The first kappa shape index (κ1) is 23.9. The van der Waals surface area contributed by atoms with E-state index in [1.54, 1.807) is 6.92 Å². The molecule has 0 bridgehead atoms. The Kier molecular flexibility index (Phi) is 7.10. The van der Waals surface area contributed by atoms with E-state index in [0.717, 1.165) is 28.3 Å². The summed E-state index contributed by atoms with van der Waals surface area (Å²) in [4.78, 5) is 36.4. The molecule has 2 amide bonds. The van der Waals surface area contributed by atoms with E-state index in [-0.39, 0.29) is 30.3 Å². The van der Waals surface area contributed by atoms with Crippen LogP contribution in [0.1, 0.15) is 40.7 Å². The van der Waals surface area contributed by atoms with Crippen molar-refractivity contribution in [2.24, 2.45) is 5.92 Å². The number of rotatable bonds is 8. The number of fused-ring (bicyclic) bond motifs is 3. The molecule has 180 valence electrons. The largest absolute Gasteiger partial charge is 0.481 e. The molecule has 4 rings (SSSR count). The van der Waals surface area contributed by atoms with Gasteiger partial charge in [0.25, 0.3) is 5.91 Å². The highest BCUT2D eigenvalue weighted by atomic mass is 19.1. The molecule has 3 N–H and O–H groups in total. The maximum atomic E-state index is 14.6. The molecule has 1 aliphatic carbocycles. The number of carboxylic acid groups (broad SMARTS) is 1. The number of amides is 2. The number of hydrogen-bond acceptors (Lipinski definition) is 4. The zero-order valence-corrected chi connectivity index (χ0v) is 19.1. The van der Waals surface area contributed by atoms with Crippen molar-refractivity contribution in [1.82, 2.24) is 5.32 Å². The molecule has 8 heteroatoms. The van der Waals surface area contributed by atoms with E-state index < -0.39 is 29.7 Å². The number of nitrogens with one attached hydrogen (secondary N) is 2. The Bertz CT molecular complexity index is 1230. The molecule has 3 aromatic carbocycles. The van der Waals surface area contributed by atoms with Crippen LogP contribution in [0.4, 0.5) is 14.9 Å². The quantitative estimate of drug-likeness (QED) is 0.423. The topological polar surface area (TPSA) is 105 Å². The Morgan fingerprint density at radius 1 is 0.971 bits per heavy atom. The number of anilines is 1. The normalized spacial score (nSPS) is 12.9. The molecule has 0 heterocycles. The molecule has 1 unspecified atom stereocenters. The molecule has 35 heavy (non-hydrogen) atoms. The second-order valence-electron chi connectivity index (χ2n) is 8.27. The van der Waals surface area contributed by atoms with Crippen molar-refractivity contribution in [2.75, 3.05) is 18.5 Å². The summed E-state index contributed by atoms with van der Waals surface area (Å²) in [6.45, 7) is 1.61. The summed E-state index contributed by atoms with van der Waals surface area (Å²) in [7, 11) is 0. The minimum atomic E-state index is -1.04. The molecule has 0 saturated carbocycles. The second-order valence-corrected chi connectivity index (χ2v) is 8.27. The number of ether oxygens (including phenoxy) is 1. The number of carboxylic acids is 1. The molecule has 0 saturated heterocycles. The van der Waals surface area contributed by atoms with Gasteiger partial charge in [0.1, 0.15) is 12.4 Å². The number of hydrogen-bond donors (Lipinski definition) is 3. The number of halogens is 1.